The summed E-state index contributed by atoms with van der Waals surface area (Å²) in [4.78, 5) is 8.32. The minimum Gasteiger partial charge on any atom is -0.457 e. The lowest BCUT2D eigenvalue weighted by atomic mass is 10.1. The van der Waals surface area contributed by atoms with E-state index in [0.717, 1.165) is 22.8 Å². The van der Waals surface area contributed by atoms with E-state index in [-0.39, 0.29) is 0 Å². The fourth-order valence-electron chi connectivity index (χ4n) is 1.77. The van der Waals surface area contributed by atoms with E-state index in [1.54, 1.807) is 18.6 Å². The highest BCUT2D eigenvalue weighted by Gasteiger charge is 2.00. The second-order valence-electron chi connectivity index (χ2n) is 4.03. The first-order valence-electron chi connectivity index (χ1n) is 6.01. The summed E-state index contributed by atoms with van der Waals surface area (Å²) < 4.78 is 5.73. The van der Waals surface area contributed by atoms with Crippen LogP contribution in [0.15, 0.2) is 73.2 Å². The Bertz CT molecular complexity index is 637. The maximum Gasteiger partial charge on any atom is 0.127 e. The third-order valence-corrected chi connectivity index (χ3v) is 2.69. The van der Waals surface area contributed by atoms with Crippen LogP contribution in [0.4, 0.5) is 0 Å². The van der Waals surface area contributed by atoms with Crippen molar-refractivity contribution in [2.75, 3.05) is 0 Å². The van der Waals surface area contributed by atoms with Gasteiger partial charge in [-0.05, 0) is 36.4 Å². The van der Waals surface area contributed by atoms with E-state index in [9.17, 15) is 0 Å². The van der Waals surface area contributed by atoms with Crippen LogP contribution >= 0.6 is 0 Å². The minimum absolute atomic E-state index is 0.804. The van der Waals surface area contributed by atoms with Crippen molar-refractivity contribution in [1.82, 2.24) is 9.97 Å². The average molecular weight is 248 g/mol. The second-order valence-corrected chi connectivity index (χ2v) is 4.03. The molecule has 0 saturated heterocycles. The van der Waals surface area contributed by atoms with E-state index in [4.69, 9.17) is 4.74 Å². The van der Waals surface area contributed by atoms with Crippen molar-refractivity contribution >= 4 is 0 Å². The molecule has 1 aromatic heterocycles. The SMILES string of the molecule is c1ccc(Oc2ccc(-c3cnccn3)cc2)cc1. The van der Waals surface area contributed by atoms with Gasteiger partial charge in [0, 0.05) is 18.0 Å². The standard InChI is InChI=1S/C16H12N2O/c1-2-4-14(5-3-1)19-15-8-6-13(7-9-15)16-12-17-10-11-18-16/h1-12H. The van der Waals surface area contributed by atoms with Gasteiger partial charge in [-0.25, -0.2) is 0 Å². The summed E-state index contributed by atoms with van der Waals surface area (Å²) in [6.45, 7) is 0. The van der Waals surface area contributed by atoms with Crippen LogP contribution in [0.25, 0.3) is 11.3 Å². The van der Waals surface area contributed by atoms with Gasteiger partial charge in [0.05, 0.1) is 11.9 Å². The van der Waals surface area contributed by atoms with Crippen LogP contribution in [0.2, 0.25) is 0 Å². The van der Waals surface area contributed by atoms with Crippen molar-refractivity contribution in [1.29, 1.82) is 0 Å². The fourth-order valence-corrected chi connectivity index (χ4v) is 1.77. The van der Waals surface area contributed by atoms with Gasteiger partial charge in [-0.3, -0.25) is 9.97 Å². The molecule has 0 fully saturated rings. The zero-order valence-corrected chi connectivity index (χ0v) is 10.2. The number of hydrogen-bond donors (Lipinski definition) is 0. The third-order valence-electron chi connectivity index (χ3n) is 2.69. The lowest BCUT2D eigenvalue weighted by molar-refractivity contribution is 0.483. The maximum atomic E-state index is 5.73. The summed E-state index contributed by atoms with van der Waals surface area (Å²) in [7, 11) is 0. The minimum atomic E-state index is 0.804. The Morgan fingerprint density at radius 2 is 1.47 bits per heavy atom. The van der Waals surface area contributed by atoms with Crippen LogP contribution in [0, 0.1) is 0 Å². The summed E-state index contributed by atoms with van der Waals surface area (Å²) >= 11 is 0. The van der Waals surface area contributed by atoms with E-state index < -0.39 is 0 Å². The van der Waals surface area contributed by atoms with E-state index in [1.165, 1.54) is 0 Å². The van der Waals surface area contributed by atoms with Crippen LogP contribution in [0.5, 0.6) is 11.5 Å². The van der Waals surface area contributed by atoms with Gasteiger partial charge < -0.3 is 4.74 Å². The Balaban J connectivity index is 1.80. The molecule has 19 heavy (non-hydrogen) atoms. The van der Waals surface area contributed by atoms with Crippen molar-refractivity contribution in [2.45, 2.75) is 0 Å². The third kappa shape index (κ3) is 2.77. The van der Waals surface area contributed by atoms with Crippen molar-refractivity contribution in [3.63, 3.8) is 0 Å². The fraction of sp³-hybridized carbons (Fsp3) is 0. The monoisotopic (exact) mass is 248 g/mol. The number of rotatable bonds is 3. The molecule has 0 saturated carbocycles. The van der Waals surface area contributed by atoms with Crippen LogP contribution in [0.1, 0.15) is 0 Å². The van der Waals surface area contributed by atoms with Gasteiger partial charge in [-0.1, -0.05) is 18.2 Å². The van der Waals surface area contributed by atoms with Gasteiger partial charge in [-0.15, -0.1) is 0 Å². The number of aromatic nitrogens is 2. The molecule has 1 heterocycles. The largest absolute Gasteiger partial charge is 0.457 e. The van der Waals surface area contributed by atoms with Gasteiger partial charge in [0.25, 0.3) is 0 Å². The van der Waals surface area contributed by atoms with E-state index in [1.807, 2.05) is 54.6 Å². The molecule has 0 spiro atoms. The van der Waals surface area contributed by atoms with Gasteiger partial charge in [0.1, 0.15) is 11.5 Å². The Kier molecular flexibility index (Phi) is 3.19. The molecule has 3 heteroatoms. The molecular weight excluding hydrogens is 236 g/mol. The van der Waals surface area contributed by atoms with Gasteiger partial charge in [0.2, 0.25) is 0 Å². The molecule has 0 aliphatic heterocycles. The Morgan fingerprint density at radius 3 is 2.16 bits per heavy atom. The summed E-state index contributed by atoms with van der Waals surface area (Å²) in [6, 6.07) is 17.5. The smallest absolute Gasteiger partial charge is 0.127 e. The lowest BCUT2D eigenvalue weighted by Gasteiger charge is -2.06. The van der Waals surface area contributed by atoms with Crippen LogP contribution in [-0.2, 0) is 0 Å². The summed E-state index contributed by atoms with van der Waals surface area (Å²) in [5.41, 5.74) is 1.88. The molecule has 92 valence electrons. The Labute approximate surface area is 111 Å². The topological polar surface area (TPSA) is 35.0 Å². The molecule has 0 N–H and O–H groups in total. The number of para-hydroxylation sites is 1. The maximum absolute atomic E-state index is 5.73. The highest BCUT2D eigenvalue weighted by molar-refractivity contribution is 5.58. The first-order valence-corrected chi connectivity index (χ1v) is 6.01. The Morgan fingerprint density at radius 1 is 0.737 bits per heavy atom. The predicted octanol–water partition coefficient (Wildman–Crippen LogP) is 3.94. The average Bonchev–Trinajstić information content (AvgIpc) is 2.50. The zero-order chi connectivity index (χ0) is 12.9. The van der Waals surface area contributed by atoms with Crippen molar-refractivity contribution in [3.05, 3.63) is 73.2 Å². The van der Waals surface area contributed by atoms with Crippen LogP contribution < -0.4 is 4.74 Å². The summed E-state index contributed by atoms with van der Waals surface area (Å²) in [6.07, 6.45) is 5.09. The number of ether oxygens (including phenoxy) is 1. The van der Waals surface area contributed by atoms with Crippen molar-refractivity contribution in [2.24, 2.45) is 0 Å². The normalized spacial score (nSPS) is 10.1. The number of benzene rings is 2. The Hall–Kier alpha value is -2.68. The molecule has 0 aliphatic carbocycles. The molecule has 0 unspecified atom stereocenters. The van der Waals surface area contributed by atoms with Gasteiger partial charge in [0.15, 0.2) is 0 Å². The quantitative estimate of drug-likeness (QED) is 0.704. The molecule has 3 aromatic rings. The first kappa shape index (κ1) is 11.4. The summed E-state index contributed by atoms with van der Waals surface area (Å²) in [5.74, 6) is 1.63. The van der Waals surface area contributed by atoms with Crippen molar-refractivity contribution < 1.29 is 4.74 Å². The van der Waals surface area contributed by atoms with E-state index in [0.29, 0.717) is 0 Å². The molecular formula is C16H12N2O. The lowest BCUT2D eigenvalue weighted by Crippen LogP contribution is -1.86. The van der Waals surface area contributed by atoms with Crippen LogP contribution in [-0.4, -0.2) is 9.97 Å². The van der Waals surface area contributed by atoms with Gasteiger partial charge >= 0.3 is 0 Å². The first-order chi connectivity index (χ1) is 9.42. The summed E-state index contributed by atoms with van der Waals surface area (Å²) in [5, 5.41) is 0. The molecule has 0 aliphatic rings. The zero-order valence-electron chi connectivity index (χ0n) is 10.2. The highest BCUT2D eigenvalue weighted by atomic mass is 16.5. The molecule has 0 radical (unpaired) electrons. The number of hydrogen-bond acceptors (Lipinski definition) is 3. The molecule has 3 nitrogen and oxygen atoms in total. The van der Waals surface area contributed by atoms with Crippen molar-refractivity contribution in [3.8, 4) is 22.8 Å². The van der Waals surface area contributed by atoms with Gasteiger partial charge in [-0.2, -0.15) is 0 Å². The van der Waals surface area contributed by atoms with E-state index in [2.05, 4.69) is 9.97 Å². The van der Waals surface area contributed by atoms with E-state index >= 15 is 0 Å². The second kappa shape index (κ2) is 5.31. The molecule has 0 bridgehead atoms. The van der Waals surface area contributed by atoms with Crippen LogP contribution in [0.3, 0.4) is 0 Å². The molecule has 2 aromatic carbocycles. The predicted molar refractivity (Wildman–Crippen MR) is 74.0 cm³/mol. The molecule has 3 rings (SSSR count). The molecule has 0 amide bonds. The molecule has 0 atom stereocenters. The highest BCUT2D eigenvalue weighted by Crippen LogP contribution is 2.24. The number of nitrogens with zero attached hydrogens (tertiary/aromatic N) is 2.